The molecule has 2 aliphatic heterocycles. The fraction of sp³-hybridized carbons (Fsp3) is 0.480. The maximum atomic E-state index is 12.7. The number of sulfonamides is 1. The first-order chi connectivity index (χ1) is 16.4. The zero-order valence-electron chi connectivity index (χ0n) is 19.7. The number of carbonyl (C=O) groups excluding carboxylic acids is 1. The van der Waals surface area contributed by atoms with Crippen LogP contribution in [0.2, 0.25) is 0 Å². The Labute approximate surface area is 202 Å². The quantitative estimate of drug-likeness (QED) is 0.565. The van der Waals surface area contributed by atoms with Crippen molar-refractivity contribution in [2.45, 2.75) is 18.2 Å². The van der Waals surface area contributed by atoms with Gasteiger partial charge in [0.15, 0.2) is 0 Å². The summed E-state index contributed by atoms with van der Waals surface area (Å²) in [7, 11) is -3.49. The number of morpholine rings is 1. The summed E-state index contributed by atoms with van der Waals surface area (Å²) < 4.78 is 37.9. The Bertz CT molecular complexity index is 1060. The van der Waals surface area contributed by atoms with E-state index in [0.29, 0.717) is 45.1 Å². The average Bonchev–Trinajstić information content (AvgIpc) is 2.87. The minimum absolute atomic E-state index is 0.178. The van der Waals surface area contributed by atoms with Crippen LogP contribution in [0.15, 0.2) is 53.4 Å². The maximum Gasteiger partial charge on any atom is 0.243 e. The molecular formula is C25H33N3O5S. The smallest absolute Gasteiger partial charge is 0.243 e. The van der Waals surface area contributed by atoms with Crippen LogP contribution in [0.1, 0.15) is 11.1 Å². The van der Waals surface area contributed by atoms with E-state index in [1.165, 1.54) is 4.31 Å². The van der Waals surface area contributed by atoms with E-state index in [1.54, 1.807) is 24.3 Å². The standard InChI is InChI=1S/C25H33N3O5S/c1-21-4-2-3-5-22(21)20-25(29)27-12-10-26(11-13-27)14-19-33-23-6-8-24(9-7-23)34(30,31)28-15-17-32-18-16-28/h2-9H,10-20H2,1H3. The van der Waals surface area contributed by atoms with Gasteiger partial charge in [0.25, 0.3) is 0 Å². The normalized spacial score (nSPS) is 18.1. The van der Waals surface area contributed by atoms with Crippen LogP contribution in [-0.4, -0.2) is 94.1 Å². The molecule has 0 saturated carbocycles. The molecular weight excluding hydrogens is 454 g/mol. The summed E-state index contributed by atoms with van der Waals surface area (Å²) in [5.41, 5.74) is 2.24. The van der Waals surface area contributed by atoms with Crippen LogP contribution in [0.3, 0.4) is 0 Å². The van der Waals surface area contributed by atoms with E-state index in [2.05, 4.69) is 4.90 Å². The summed E-state index contributed by atoms with van der Waals surface area (Å²) in [6.45, 7) is 8.00. The van der Waals surface area contributed by atoms with E-state index in [0.717, 1.165) is 43.9 Å². The SMILES string of the molecule is Cc1ccccc1CC(=O)N1CCN(CCOc2ccc(S(=O)(=O)N3CCOCC3)cc2)CC1. The lowest BCUT2D eigenvalue weighted by atomic mass is 10.1. The summed E-state index contributed by atoms with van der Waals surface area (Å²) in [6, 6.07) is 14.6. The number of hydrogen-bond acceptors (Lipinski definition) is 6. The molecule has 0 N–H and O–H groups in total. The highest BCUT2D eigenvalue weighted by molar-refractivity contribution is 7.89. The molecule has 1 amide bonds. The molecule has 0 unspecified atom stereocenters. The Morgan fingerprint density at radius 3 is 2.29 bits per heavy atom. The first-order valence-electron chi connectivity index (χ1n) is 11.8. The van der Waals surface area contributed by atoms with Crippen molar-refractivity contribution in [2.24, 2.45) is 0 Å². The minimum atomic E-state index is -3.49. The highest BCUT2D eigenvalue weighted by Gasteiger charge is 2.26. The van der Waals surface area contributed by atoms with E-state index < -0.39 is 10.0 Å². The molecule has 8 nitrogen and oxygen atoms in total. The number of rotatable bonds is 8. The third-order valence-corrected chi connectivity index (χ3v) is 8.35. The van der Waals surface area contributed by atoms with Crippen molar-refractivity contribution < 1.29 is 22.7 Å². The molecule has 2 fully saturated rings. The van der Waals surface area contributed by atoms with Gasteiger partial charge in [-0.1, -0.05) is 24.3 Å². The van der Waals surface area contributed by atoms with E-state index in [1.807, 2.05) is 36.1 Å². The molecule has 34 heavy (non-hydrogen) atoms. The molecule has 2 saturated heterocycles. The molecule has 0 aromatic heterocycles. The first kappa shape index (κ1) is 24.7. The van der Waals surface area contributed by atoms with Crippen molar-refractivity contribution >= 4 is 15.9 Å². The Morgan fingerprint density at radius 1 is 0.941 bits per heavy atom. The number of nitrogens with zero attached hydrogens (tertiary/aromatic N) is 3. The average molecular weight is 488 g/mol. The fourth-order valence-electron chi connectivity index (χ4n) is 4.24. The van der Waals surface area contributed by atoms with E-state index >= 15 is 0 Å². The van der Waals surface area contributed by atoms with Crippen LogP contribution < -0.4 is 4.74 Å². The Morgan fingerprint density at radius 2 is 1.62 bits per heavy atom. The van der Waals surface area contributed by atoms with Gasteiger partial charge in [0.2, 0.25) is 15.9 Å². The van der Waals surface area contributed by atoms with Crippen molar-refractivity contribution in [2.75, 3.05) is 65.6 Å². The molecule has 2 aliphatic rings. The lowest BCUT2D eigenvalue weighted by Crippen LogP contribution is -2.50. The predicted octanol–water partition coefficient (Wildman–Crippen LogP) is 1.78. The summed E-state index contributed by atoms with van der Waals surface area (Å²) >= 11 is 0. The summed E-state index contributed by atoms with van der Waals surface area (Å²) in [4.78, 5) is 17.2. The van der Waals surface area contributed by atoms with Gasteiger partial charge in [-0.05, 0) is 42.3 Å². The molecule has 0 spiro atoms. The number of carbonyl (C=O) groups is 1. The summed E-state index contributed by atoms with van der Waals surface area (Å²) in [6.07, 6.45) is 0.451. The molecule has 4 rings (SSSR count). The topological polar surface area (TPSA) is 79.4 Å². The first-order valence-corrected chi connectivity index (χ1v) is 13.2. The number of benzene rings is 2. The molecule has 0 atom stereocenters. The summed E-state index contributed by atoms with van der Waals surface area (Å²) in [5.74, 6) is 0.824. The third kappa shape index (κ3) is 6.15. The lowest BCUT2D eigenvalue weighted by molar-refractivity contribution is -0.132. The van der Waals surface area contributed by atoms with Gasteiger partial charge in [0.1, 0.15) is 12.4 Å². The molecule has 2 aromatic rings. The van der Waals surface area contributed by atoms with Crippen molar-refractivity contribution in [3.8, 4) is 5.75 Å². The van der Waals surface area contributed by atoms with Gasteiger partial charge in [-0.3, -0.25) is 9.69 Å². The van der Waals surface area contributed by atoms with Crippen LogP contribution in [0.5, 0.6) is 5.75 Å². The Balaban J connectivity index is 1.19. The monoisotopic (exact) mass is 487 g/mol. The summed E-state index contributed by atoms with van der Waals surface area (Å²) in [5, 5.41) is 0. The van der Waals surface area contributed by atoms with Gasteiger partial charge in [-0.15, -0.1) is 0 Å². The molecule has 0 bridgehead atoms. The molecule has 0 radical (unpaired) electrons. The van der Waals surface area contributed by atoms with E-state index in [9.17, 15) is 13.2 Å². The number of amides is 1. The Hall–Kier alpha value is -2.46. The van der Waals surface area contributed by atoms with Gasteiger partial charge in [-0.25, -0.2) is 8.42 Å². The Kier molecular flexibility index (Phi) is 8.20. The predicted molar refractivity (Wildman–Crippen MR) is 129 cm³/mol. The third-order valence-electron chi connectivity index (χ3n) is 6.44. The van der Waals surface area contributed by atoms with Crippen LogP contribution >= 0.6 is 0 Å². The van der Waals surface area contributed by atoms with Gasteiger partial charge < -0.3 is 14.4 Å². The zero-order chi connectivity index (χ0) is 24.0. The molecule has 2 heterocycles. The second-order valence-electron chi connectivity index (χ2n) is 8.66. The second kappa shape index (κ2) is 11.3. The van der Waals surface area contributed by atoms with Gasteiger partial charge in [0.05, 0.1) is 24.5 Å². The fourth-order valence-corrected chi connectivity index (χ4v) is 5.65. The van der Waals surface area contributed by atoms with Gasteiger partial charge in [0, 0.05) is 45.8 Å². The number of piperazine rings is 1. The zero-order valence-corrected chi connectivity index (χ0v) is 20.5. The number of ether oxygens (including phenoxy) is 2. The van der Waals surface area contributed by atoms with Crippen molar-refractivity contribution in [3.05, 3.63) is 59.7 Å². The molecule has 2 aromatic carbocycles. The second-order valence-corrected chi connectivity index (χ2v) is 10.6. The molecule has 9 heteroatoms. The maximum absolute atomic E-state index is 12.7. The highest BCUT2D eigenvalue weighted by atomic mass is 32.2. The highest BCUT2D eigenvalue weighted by Crippen LogP contribution is 2.20. The van der Waals surface area contributed by atoms with Crippen LogP contribution in [0, 0.1) is 6.92 Å². The number of hydrogen-bond donors (Lipinski definition) is 0. The van der Waals surface area contributed by atoms with Crippen molar-refractivity contribution in [1.29, 1.82) is 0 Å². The lowest BCUT2D eigenvalue weighted by Gasteiger charge is -2.34. The molecule has 184 valence electrons. The number of aryl methyl sites for hydroxylation is 1. The van der Waals surface area contributed by atoms with Crippen LogP contribution in [0.25, 0.3) is 0 Å². The largest absolute Gasteiger partial charge is 0.492 e. The van der Waals surface area contributed by atoms with Crippen molar-refractivity contribution in [1.82, 2.24) is 14.1 Å². The van der Waals surface area contributed by atoms with Gasteiger partial charge in [-0.2, -0.15) is 4.31 Å². The van der Waals surface area contributed by atoms with E-state index in [4.69, 9.17) is 9.47 Å². The van der Waals surface area contributed by atoms with Crippen molar-refractivity contribution in [3.63, 3.8) is 0 Å². The molecule has 0 aliphatic carbocycles. The van der Waals surface area contributed by atoms with Crippen LogP contribution in [-0.2, 0) is 26.0 Å². The van der Waals surface area contributed by atoms with E-state index in [-0.39, 0.29) is 10.8 Å². The van der Waals surface area contributed by atoms with Crippen LogP contribution in [0.4, 0.5) is 0 Å². The van der Waals surface area contributed by atoms with Gasteiger partial charge >= 0.3 is 0 Å². The minimum Gasteiger partial charge on any atom is -0.492 e.